The van der Waals surface area contributed by atoms with Gasteiger partial charge in [0, 0.05) is 31.9 Å². The molecule has 0 radical (unpaired) electrons. The van der Waals surface area contributed by atoms with E-state index in [2.05, 4.69) is 19.9 Å². The van der Waals surface area contributed by atoms with Gasteiger partial charge in [0.2, 0.25) is 0 Å². The molecule has 0 N–H and O–H groups in total. The van der Waals surface area contributed by atoms with E-state index in [1.54, 1.807) is 42.4 Å². The van der Waals surface area contributed by atoms with Crippen LogP contribution in [-0.2, 0) is 6.54 Å². The second-order valence-electron chi connectivity index (χ2n) is 6.98. The van der Waals surface area contributed by atoms with E-state index in [1.165, 1.54) is 0 Å². The molecule has 140 valence electrons. The molecular weight excluding hydrogens is 342 g/mol. The summed E-state index contributed by atoms with van der Waals surface area (Å²) in [5.41, 5.74) is 0.682. The number of ether oxygens (including phenoxy) is 1. The smallest absolute Gasteiger partial charge is 0.261 e. The summed E-state index contributed by atoms with van der Waals surface area (Å²) < 4.78 is 6.95. The van der Waals surface area contributed by atoms with Gasteiger partial charge in [-0.1, -0.05) is 0 Å². The van der Waals surface area contributed by atoms with Gasteiger partial charge in [0.25, 0.3) is 5.56 Å². The molecule has 0 bridgehead atoms. The summed E-state index contributed by atoms with van der Waals surface area (Å²) in [6.07, 6.45) is 5.51. The molecule has 0 spiro atoms. The van der Waals surface area contributed by atoms with Crippen molar-refractivity contribution in [2.45, 2.75) is 26.3 Å². The first-order chi connectivity index (χ1) is 13.1. The van der Waals surface area contributed by atoms with Gasteiger partial charge in [0.15, 0.2) is 0 Å². The molecule has 0 aliphatic carbocycles. The van der Waals surface area contributed by atoms with E-state index in [9.17, 15) is 4.79 Å². The average molecular weight is 365 g/mol. The molecule has 0 amide bonds. The molecule has 7 heteroatoms. The minimum absolute atomic E-state index is 0.0107. The lowest BCUT2D eigenvalue weighted by Gasteiger charge is -2.33. The lowest BCUT2D eigenvalue weighted by atomic mass is 9.96. The molecule has 1 aliphatic heterocycles. The molecule has 0 atom stereocenters. The molecule has 7 nitrogen and oxygen atoms in total. The van der Waals surface area contributed by atoms with Crippen LogP contribution in [-0.4, -0.2) is 39.7 Å². The molecule has 27 heavy (non-hydrogen) atoms. The predicted octanol–water partition coefficient (Wildman–Crippen LogP) is 2.42. The second kappa shape index (κ2) is 7.34. The molecular formula is C20H23N5O2. The van der Waals surface area contributed by atoms with Gasteiger partial charge in [-0.05, 0) is 43.9 Å². The number of fused-ring (bicyclic) bond motifs is 1. The van der Waals surface area contributed by atoms with Crippen LogP contribution in [0, 0.1) is 12.8 Å². The Kier molecular flexibility index (Phi) is 4.75. The van der Waals surface area contributed by atoms with Crippen molar-refractivity contribution in [2.75, 3.05) is 25.1 Å². The summed E-state index contributed by atoms with van der Waals surface area (Å²) in [5, 5.41) is 0.632. The highest BCUT2D eigenvalue weighted by Gasteiger charge is 2.21. The minimum Gasteiger partial charge on any atom is -0.497 e. The number of hydrogen-bond donors (Lipinski definition) is 0. The lowest BCUT2D eigenvalue weighted by molar-refractivity contribution is 0.351. The van der Waals surface area contributed by atoms with Crippen molar-refractivity contribution in [2.24, 2.45) is 5.92 Å². The van der Waals surface area contributed by atoms with E-state index in [-0.39, 0.29) is 5.56 Å². The molecule has 1 saturated heterocycles. The number of aryl methyl sites for hydroxylation is 1. The summed E-state index contributed by atoms with van der Waals surface area (Å²) in [4.78, 5) is 28.2. The minimum atomic E-state index is 0.0107. The first kappa shape index (κ1) is 17.5. The number of rotatable bonds is 4. The summed E-state index contributed by atoms with van der Waals surface area (Å²) in [6.45, 7) is 4.48. The fourth-order valence-electron chi connectivity index (χ4n) is 3.64. The maximum absolute atomic E-state index is 12.8. The van der Waals surface area contributed by atoms with Crippen LogP contribution in [0.1, 0.15) is 18.7 Å². The van der Waals surface area contributed by atoms with E-state index in [4.69, 9.17) is 4.74 Å². The Morgan fingerprint density at radius 2 is 2.00 bits per heavy atom. The monoisotopic (exact) mass is 365 g/mol. The number of aromatic nitrogens is 4. The fraction of sp³-hybridized carbons (Fsp3) is 0.400. The highest BCUT2D eigenvalue weighted by Crippen LogP contribution is 2.23. The van der Waals surface area contributed by atoms with E-state index in [0.29, 0.717) is 29.1 Å². The third-order valence-electron chi connectivity index (χ3n) is 5.19. The zero-order valence-corrected chi connectivity index (χ0v) is 15.6. The lowest BCUT2D eigenvalue weighted by Crippen LogP contribution is -2.37. The summed E-state index contributed by atoms with van der Waals surface area (Å²) >= 11 is 0. The highest BCUT2D eigenvalue weighted by atomic mass is 16.5. The van der Waals surface area contributed by atoms with Crippen LogP contribution in [0.15, 0.2) is 41.6 Å². The Labute approximate surface area is 157 Å². The Hall–Kier alpha value is -2.96. The van der Waals surface area contributed by atoms with Crippen LogP contribution in [0.4, 0.5) is 5.82 Å². The van der Waals surface area contributed by atoms with Crippen molar-refractivity contribution < 1.29 is 4.74 Å². The molecule has 3 heterocycles. The molecule has 1 aliphatic rings. The fourth-order valence-corrected chi connectivity index (χ4v) is 3.64. The van der Waals surface area contributed by atoms with Gasteiger partial charge in [0.1, 0.15) is 17.4 Å². The van der Waals surface area contributed by atoms with Gasteiger partial charge in [-0.25, -0.2) is 15.0 Å². The Morgan fingerprint density at radius 3 is 2.74 bits per heavy atom. The second-order valence-corrected chi connectivity index (χ2v) is 6.98. The molecule has 1 aromatic carbocycles. The summed E-state index contributed by atoms with van der Waals surface area (Å²) in [7, 11) is 1.61. The van der Waals surface area contributed by atoms with Gasteiger partial charge in [-0.2, -0.15) is 0 Å². The van der Waals surface area contributed by atoms with Gasteiger partial charge >= 0.3 is 0 Å². The highest BCUT2D eigenvalue weighted by molar-refractivity contribution is 5.78. The normalized spacial score (nSPS) is 15.3. The topological polar surface area (TPSA) is 73.1 Å². The zero-order valence-electron chi connectivity index (χ0n) is 15.6. The molecule has 3 aromatic rings. The third-order valence-corrected chi connectivity index (χ3v) is 5.19. The Morgan fingerprint density at radius 1 is 1.19 bits per heavy atom. The molecule has 0 unspecified atom stereocenters. The van der Waals surface area contributed by atoms with Gasteiger partial charge in [-0.3, -0.25) is 9.36 Å². The number of nitrogens with zero attached hydrogens (tertiary/aromatic N) is 5. The number of anilines is 1. The quantitative estimate of drug-likeness (QED) is 0.707. The largest absolute Gasteiger partial charge is 0.497 e. The van der Waals surface area contributed by atoms with Crippen molar-refractivity contribution in [3.63, 3.8) is 0 Å². The zero-order chi connectivity index (χ0) is 18.8. The third kappa shape index (κ3) is 3.63. The van der Waals surface area contributed by atoms with Crippen molar-refractivity contribution >= 4 is 16.7 Å². The average Bonchev–Trinajstić information content (AvgIpc) is 2.70. The first-order valence-corrected chi connectivity index (χ1v) is 9.22. The van der Waals surface area contributed by atoms with E-state index >= 15 is 0 Å². The van der Waals surface area contributed by atoms with E-state index < -0.39 is 0 Å². The maximum Gasteiger partial charge on any atom is 0.261 e. The van der Waals surface area contributed by atoms with Crippen LogP contribution < -0.4 is 15.2 Å². The van der Waals surface area contributed by atoms with Crippen LogP contribution >= 0.6 is 0 Å². The van der Waals surface area contributed by atoms with E-state index in [1.807, 2.05) is 13.0 Å². The van der Waals surface area contributed by atoms with E-state index in [0.717, 1.165) is 37.6 Å². The summed E-state index contributed by atoms with van der Waals surface area (Å²) in [5.74, 6) is 2.94. The standard InChI is InChI=1S/C20H23N5O2/c1-14-21-8-5-19(23-14)24-9-6-15(7-10-24)12-25-13-22-18-11-16(27-2)3-4-17(18)20(25)26/h3-5,8,11,13,15H,6-7,9-10,12H2,1-2H3. The molecule has 1 fully saturated rings. The van der Waals surface area contributed by atoms with Crippen LogP contribution in [0.3, 0.4) is 0 Å². The maximum atomic E-state index is 12.8. The number of benzene rings is 1. The van der Waals surface area contributed by atoms with Gasteiger partial charge < -0.3 is 9.64 Å². The summed E-state index contributed by atoms with van der Waals surface area (Å²) in [6, 6.07) is 7.35. The number of piperidine rings is 1. The Balaban J connectivity index is 1.46. The van der Waals surface area contributed by atoms with Crippen molar-refractivity contribution in [1.29, 1.82) is 0 Å². The number of hydrogen-bond acceptors (Lipinski definition) is 6. The van der Waals surface area contributed by atoms with Crippen molar-refractivity contribution in [3.05, 3.63) is 53.0 Å². The van der Waals surface area contributed by atoms with Crippen molar-refractivity contribution in [1.82, 2.24) is 19.5 Å². The molecule has 2 aromatic heterocycles. The van der Waals surface area contributed by atoms with Gasteiger partial charge in [0.05, 0.1) is 24.3 Å². The first-order valence-electron chi connectivity index (χ1n) is 9.22. The SMILES string of the molecule is COc1ccc2c(=O)n(CC3CCN(c4ccnc(C)n4)CC3)cnc2c1. The van der Waals surface area contributed by atoms with Gasteiger partial charge in [-0.15, -0.1) is 0 Å². The molecule has 0 saturated carbocycles. The van der Waals surface area contributed by atoms with Crippen LogP contribution in [0.25, 0.3) is 10.9 Å². The molecule has 4 rings (SSSR count). The number of methoxy groups -OCH3 is 1. The Bertz CT molecular complexity index is 1010. The van der Waals surface area contributed by atoms with Crippen molar-refractivity contribution in [3.8, 4) is 5.75 Å². The van der Waals surface area contributed by atoms with Crippen LogP contribution in [0.5, 0.6) is 5.75 Å². The predicted molar refractivity (Wildman–Crippen MR) is 104 cm³/mol. The van der Waals surface area contributed by atoms with Crippen LogP contribution in [0.2, 0.25) is 0 Å².